The van der Waals surface area contributed by atoms with Gasteiger partial charge in [-0.05, 0) is 40.5 Å². The molecule has 4 nitrogen and oxygen atoms in total. The van der Waals surface area contributed by atoms with E-state index in [0.717, 1.165) is 22.1 Å². The number of nitrogens with two attached hydrogens (primary N) is 1. The number of cyclic esters (lactones) is 1. The van der Waals surface area contributed by atoms with Crippen LogP contribution in [0.1, 0.15) is 12.0 Å². The summed E-state index contributed by atoms with van der Waals surface area (Å²) < 4.78 is 6.13. The van der Waals surface area contributed by atoms with Gasteiger partial charge in [-0.15, -0.1) is 0 Å². The van der Waals surface area contributed by atoms with Crippen LogP contribution in [0.5, 0.6) is 0 Å². The molecule has 1 atom stereocenters. The zero-order valence-corrected chi connectivity index (χ0v) is 11.2. The van der Waals surface area contributed by atoms with Crippen molar-refractivity contribution >= 4 is 27.7 Å². The number of halogens is 1. The fourth-order valence-electron chi connectivity index (χ4n) is 1.85. The molecule has 0 bridgehead atoms. The van der Waals surface area contributed by atoms with Crippen molar-refractivity contribution in [3.05, 3.63) is 28.2 Å². The molecule has 0 saturated carbocycles. The molecule has 1 heterocycles. The van der Waals surface area contributed by atoms with E-state index >= 15 is 0 Å². The van der Waals surface area contributed by atoms with Gasteiger partial charge in [0.25, 0.3) is 0 Å². The Balaban J connectivity index is 2.20. The third kappa shape index (κ3) is 2.61. The Hall–Kier alpha value is -1.07. The number of rotatable bonds is 2. The third-order valence-corrected chi connectivity index (χ3v) is 3.45. The molecule has 5 heteroatoms. The average Bonchev–Trinajstić information content (AvgIpc) is 2.30. The first-order chi connectivity index (χ1) is 8.11. The van der Waals surface area contributed by atoms with Gasteiger partial charge in [0.05, 0.1) is 5.69 Å². The first kappa shape index (κ1) is 12.4. The van der Waals surface area contributed by atoms with Crippen molar-refractivity contribution in [3.63, 3.8) is 0 Å². The van der Waals surface area contributed by atoms with E-state index < -0.39 is 0 Å². The zero-order valence-electron chi connectivity index (χ0n) is 9.65. The quantitative estimate of drug-likeness (QED) is 0.912. The second kappa shape index (κ2) is 5.06. The van der Waals surface area contributed by atoms with Gasteiger partial charge in [0.15, 0.2) is 0 Å². The summed E-state index contributed by atoms with van der Waals surface area (Å²) in [6, 6.07) is 5.88. The van der Waals surface area contributed by atoms with E-state index in [1.165, 1.54) is 0 Å². The van der Waals surface area contributed by atoms with Crippen molar-refractivity contribution in [1.82, 2.24) is 0 Å². The fourth-order valence-corrected chi connectivity index (χ4v) is 2.55. The van der Waals surface area contributed by atoms with Crippen molar-refractivity contribution in [2.24, 2.45) is 5.73 Å². The number of benzene rings is 1. The Kier molecular flexibility index (Phi) is 3.69. The molecule has 0 radical (unpaired) electrons. The first-order valence-corrected chi connectivity index (χ1v) is 6.35. The van der Waals surface area contributed by atoms with Gasteiger partial charge in [0.1, 0.15) is 6.10 Å². The Labute approximate surface area is 109 Å². The minimum atomic E-state index is -0.323. The number of carbonyl (C=O) groups is 1. The standard InChI is InChI=1S/C12H15BrN2O2/c1-8-2-3-11(10(13)6-8)15-5-4-9(7-14)17-12(15)16/h2-3,6,9H,4-5,7,14H2,1H3. The molecular weight excluding hydrogens is 284 g/mol. The molecule has 17 heavy (non-hydrogen) atoms. The highest BCUT2D eigenvalue weighted by Crippen LogP contribution is 2.29. The molecule has 1 saturated heterocycles. The first-order valence-electron chi connectivity index (χ1n) is 5.56. The van der Waals surface area contributed by atoms with Gasteiger partial charge in [-0.3, -0.25) is 4.90 Å². The summed E-state index contributed by atoms with van der Waals surface area (Å²) >= 11 is 3.47. The number of aryl methyl sites for hydroxylation is 1. The summed E-state index contributed by atoms with van der Waals surface area (Å²) in [6.07, 6.45) is 0.293. The minimum Gasteiger partial charge on any atom is -0.444 e. The van der Waals surface area contributed by atoms with Gasteiger partial charge in [0, 0.05) is 24.0 Å². The average molecular weight is 299 g/mol. The summed E-state index contributed by atoms with van der Waals surface area (Å²) in [5.74, 6) is 0. The summed E-state index contributed by atoms with van der Waals surface area (Å²) in [5, 5.41) is 0. The number of nitrogens with zero attached hydrogens (tertiary/aromatic N) is 1. The van der Waals surface area contributed by atoms with Crippen molar-refractivity contribution in [1.29, 1.82) is 0 Å². The van der Waals surface area contributed by atoms with Gasteiger partial charge >= 0.3 is 6.09 Å². The van der Waals surface area contributed by atoms with Gasteiger partial charge in [-0.2, -0.15) is 0 Å². The van der Waals surface area contributed by atoms with E-state index in [9.17, 15) is 4.79 Å². The lowest BCUT2D eigenvalue weighted by Gasteiger charge is -2.31. The minimum absolute atomic E-state index is 0.150. The van der Waals surface area contributed by atoms with Crippen LogP contribution >= 0.6 is 15.9 Å². The summed E-state index contributed by atoms with van der Waals surface area (Å²) in [6.45, 7) is 3.03. The number of hydrogen-bond acceptors (Lipinski definition) is 3. The van der Waals surface area contributed by atoms with Gasteiger partial charge in [-0.25, -0.2) is 4.79 Å². The number of anilines is 1. The molecule has 92 valence electrons. The fraction of sp³-hybridized carbons (Fsp3) is 0.417. The molecule has 1 aliphatic rings. The lowest BCUT2D eigenvalue weighted by Crippen LogP contribution is -2.44. The maximum Gasteiger partial charge on any atom is 0.414 e. The van der Waals surface area contributed by atoms with Crippen molar-refractivity contribution in [3.8, 4) is 0 Å². The lowest BCUT2D eigenvalue weighted by molar-refractivity contribution is 0.0887. The van der Waals surface area contributed by atoms with E-state index in [1.807, 2.05) is 25.1 Å². The van der Waals surface area contributed by atoms with Crippen molar-refractivity contribution < 1.29 is 9.53 Å². The van der Waals surface area contributed by atoms with Crippen LogP contribution in [0, 0.1) is 6.92 Å². The molecule has 0 aromatic heterocycles. The van der Waals surface area contributed by atoms with Crippen molar-refractivity contribution in [2.75, 3.05) is 18.0 Å². The molecule has 0 aliphatic carbocycles. The Morgan fingerprint density at radius 3 is 2.94 bits per heavy atom. The molecule has 1 aromatic carbocycles. The van der Waals surface area contributed by atoms with Crippen LogP contribution < -0.4 is 10.6 Å². The molecule has 1 unspecified atom stereocenters. The second-order valence-electron chi connectivity index (χ2n) is 4.14. The smallest absolute Gasteiger partial charge is 0.414 e. The van der Waals surface area contributed by atoms with E-state index in [4.69, 9.17) is 10.5 Å². The van der Waals surface area contributed by atoms with Crippen molar-refractivity contribution in [2.45, 2.75) is 19.4 Å². The molecule has 1 fully saturated rings. The van der Waals surface area contributed by atoms with Crippen LogP contribution in [0.4, 0.5) is 10.5 Å². The highest BCUT2D eigenvalue weighted by Gasteiger charge is 2.28. The van der Waals surface area contributed by atoms with E-state index in [-0.39, 0.29) is 12.2 Å². The molecule has 1 aromatic rings. The van der Waals surface area contributed by atoms with Crippen LogP contribution in [-0.2, 0) is 4.74 Å². The molecule has 2 rings (SSSR count). The Morgan fingerprint density at radius 1 is 1.59 bits per heavy atom. The normalized spacial score (nSPS) is 20.3. The van der Waals surface area contributed by atoms with Crippen LogP contribution in [0.3, 0.4) is 0 Å². The highest BCUT2D eigenvalue weighted by molar-refractivity contribution is 9.10. The molecule has 1 amide bonds. The predicted octanol–water partition coefficient (Wildman–Crippen LogP) is 2.43. The van der Waals surface area contributed by atoms with Crippen LogP contribution in [0.2, 0.25) is 0 Å². The second-order valence-corrected chi connectivity index (χ2v) is 4.99. The van der Waals surface area contributed by atoms with Crippen LogP contribution in [-0.4, -0.2) is 25.3 Å². The predicted molar refractivity (Wildman–Crippen MR) is 70.2 cm³/mol. The topological polar surface area (TPSA) is 55.6 Å². The highest BCUT2D eigenvalue weighted by atomic mass is 79.9. The maximum absolute atomic E-state index is 11.8. The Bertz CT molecular complexity index is 437. The number of amides is 1. The monoisotopic (exact) mass is 298 g/mol. The van der Waals surface area contributed by atoms with Gasteiger partial charge in [0.2, 0.25) is 0 Å². The van der Waals surface area contributed by atoms with E-state index in [0.29, 0.717) is 13.1 Å². The lowest BCUT2D eigenvalue weighted by atomic mass is 10.1. The van der Waals surface area contributed by atoms with Gasteiger partial charge in [-0.1, -0.05) is 6.07 Å². The van der Waals surface area contributed by atoms with Crippen LogP contribution in [0.25, 0.3) is 0 Å². The van der Waals surface area contributed by atoms with Crippen LogP contribution in [0.15, 0.2) is 22.7 Å². The zero-order chi connectivity index (χ0) is 12.4. The Morgan fingerprint density at radius 2 is 2.35 bits per heavy atom. The van der Waals surface area contributed by atoms with E-state index in [2.05, 4.69) is 15.9 Å². The van der Waals surface area contributed by atoms with Gasteiger partial charge < -0.3 is 10.5 Å². The molecule has 2 N–H and O–H groups in total. The largest absolute Gasteiger partial charge is 0.444 e. The summed E-state index contributed by atoms with van der Waals surface area (Å²) in [7, 11) is 0. The number of hydrogen-bond donors (Lipinski definition) is 1. The summed E-state index contributed by atoms with van der Waals surface area (Å²) in [5.41, 5.74) is 7.48. The number of ether oxygens (including phenoxy) is 1. The van der Waals surface area contributed by atoms with E-state index in [1.54, 1.807) is 4.90 Å². The molecule has 0 spiro atoms. The number of carbonyl (C=O) groups excluding carboxylic acids is 1. The molecule has 1 aliphatic heterocycles. The maximum atomic E-state index is 11.8. The summed E-state index contributed by atoms with van der Waals surface area (Å²) in [4.78, 5) is 13.5. The molecular formula is C12H15BrN2O2. The third-order valence-electron chi connectivity index (χ3n) is 2.82. The SMILES string of the molecule is Cc1ccc(N2CCC(CN)OC2=O)c(Br)c1.